The summed E-state index contributed by atoms with van der Waals surface area (Å²) in [5, 5.41) is 16.8. The van der Waals surface area contributed by atoms with Crippen molar-refractivity contribution >= 4 is 44.8 Å². The fourth-order valence-electron chi connectivity index (χ4n) is 2.55. The largest absolute Gasteiger partial charge is 0.436 e. The molecule has 1 heterocycles. The molecule has 1 aliphatic rings. The predicted octanol–water partition coefficient (Wildman–Crippen LogP) is 4.74. The normalized spacial score (nSPS) is 14.3. The maximum absolute atomic E-state index is 13.1. The van der Waals surface area contributed by atoms with Crippen molar-refractivity contribution in [1.82, 2.24) is 9.78 Å². The molecule has 7 nitrogen and oxygen atoms in total. The van der Waals surface area contributed by atoms with Crippen LogP contribution in [0.2, 0.25) is 5.02 Å². The molecule has 144 valence electrons. The first-order valence-corrected chi connectivity index (χ1v) is 8.82. The van der Waals surface area contributed by atoms with Gasteiger partial charge in [0.1, 0.15) is 6.54 Å². The molecule has 0 saturated heterocycles. The van der Waals surface area contributed by atoms with Crippen LogP contribution in [0.15, 0.2) is 22.7 Å². The summed E-state index contributed by atoms with van der Waals surface area (Å²) in [4.78, 5) is 22.5. The van der Waals surface area contributed by atoms with Crippen molar-refractivity contribution in [3.05, 3.63) is 49.2 Å². The van der Waals surface area contributed by atoms with Crippen LogP contribution in [-0.4, -0.2) is 20.6 Å². The lowest BCUT2D eigenvalue weighted by atomic mass is 10.2. The Kier molecular flexibility index (Phi) is 5.17. The molecule has 0 aliphatic heterocycles. The van der Waals surface area contributed by atoms with Crippen molar-refractivity contribution in [3.8, 4) is 0 Å². The second-order valence-electron chi connectivity index (χ2n) is 5.95. The number of carbonyl (C=O) groups excluding carboxylic acids is 1. The van der Waals surface area contributed by atoms with Gasteiger partial charge in [0.25, 0.3) is 5.69 Å². The molecule has 1 N–H and O–H groups in total. The molecule has 0 spiro atoms. The van der Waals surface area contributed by atoms with Crippen LogP contribution in [0.5, 0.6) is 0 Å². The number of benzene rings is 1. The molecular weight excluding hydrogens is 457 g/mol. The van der Waals surface area contributed by atoms with E-state index < -0.39 is 29.2 Å². The van der Waals surface area contributed by atoms with Crippen LogP contribution in [-0.2, 0) is 17.5 Å². The van der Waals surface area contributed by atoms with Crippen molar-refractivity contribution in [1.29, 1.82) is 0 Å². The Morgan fingerprint density at radius 2 is 2.11 bits per heavy atom. The van der Waals surface area contributed by atoms with Crippen LogP contribution < -0.4 is 5.32 Å². The number of anilines is 1. The maximum atomic E-state index is 13.1. The number of nitro benzene ring substituents is 1. The summed E-state index contributed by atoms with van der Waals surface area (Å²) in [6.07, 6.45) is -3.24. The third kappa shape index (κ3) is 4.24. The lowest BCUT2D eigenvalue weighted by molar-refractivity contribution is -0.384. The fourth-order valence-corrected chi connectivity index (χ4v) is 3.55. The van der Waals surface area contributed by atoms with Gasteiger partial charge in [-0.05, 0) is 34.8 Å². The summed E-state index contributed by atoms with van der Waals surface area (Å²) in [6.45, 7) is -0.487. The molecule has 1 aromatic heterocycles. The number of alkyl halides is 3. The second kappa shape index (κ2) is 7.12. The second-order valence-corrected chi connectivity index (χ2v) is 7.15. The number of rotatable bonds is 5. The maximum Gasteiger partial charge on any atom is 0.436 e. The number of amides is 1. The highest BCUT2D eigenvalue weighted by molar-refractivity contribution is 9.10. The summed E-state index contributed by atoms with van der Waals surface area (Å²) < 4.78 is 40.1. The molecular formula is C15H11BrClF3N4O3. The molecule has 27 heavy (non-hydrogen) atoms. The van der Waals surface area contributed by atoms with Crippen molar-refractivity contribution in [2.45, 2.75) is 31.5 Å². The molecule has 3 rings (SSSR count). The number of nitrogens with one attached hydrogen (secondary N) is 1. The number of carbonyl (C=O) groups is 1. The van der Waals surface area contributed by atoms with Gasteiger partial charge in [-0.3, -0.25) is 19.6 Å². The zero-order valence-electron chi connectivity index (χ0n) is 13.4. The lowest BCUT2D eigenvalue weighted by Gasteiger charge is -2.09. The molecule has 0 bridgehead atoms. The van der Waals surface area contributed by atoms with Crippen LogP contribution in [0.3, 0.4) is 0 Å². The molecule has 1 amide bonds. The number of nitro groups is 1. The van der Waals surface area contributed by atoms with E-state index in [1.165, 1.54) is 12.1 Å². The van der Waals surface area contributed by atoms with E-state index in [9.17, 15) is 28.1 Å². The quantitative estimate of drug-likeness (QED) is 0.508. The van der Waals surface area contributed by atoms with Crippen molar-refractivity contribution in [3.63, 3.8) is 0 Å². The summed E-state index contributed by atoms with van der Waals surface area (Å²) in [7, 11) is 0. The topological polar surface area (TPSA) is 90.1 Å². The molecule has 12 heteroatoms. The van der Waals surface area contributed by atoms with E-state index in [1.807, 2.05) is 0 Å². The molecule has 0 atom stereocenters. The van der Waals surface area contributed by atoms with E-state index in [2.05, 4.69) is 26.3 Å². The monoisotopic (exact) mass is 466 g/mol. The SMILES string of the molecule is O=C(Cn1nc(C(F)(F)F)c(Br)c1C1CC1)Nc1cc([N+](=O)[O-])ccc1Cl. The van der Waals surface area contributed by atoms with Gasteiger partial charge in [0.05, 0.1) is 25.8 Å². The molecule has 1 aromatic carbocycles. The van der Waals surface area contributed by atoms with Gasteiger partial charge >= 0.3 is 6.18 Å². The zero-order valence-corrected chi connectivity index (χ0v) is 15.7. The Morgan fingerprint density at radius 3 is 2.67 bits per heavy atom. The van der Waals surface area contributed by atoms with Gasteiger partial charge in [-0.15, -0.1) is 0 Å². The van der Waals surface area contributed by atoms with Gasteiger partial charge in [-0.1, -0.05) is 11.6 Å². The average molecular weight is 468 g/mol. The smallest absolute Gasteiger partial charge is 0.323 e. The first-order valence-electron chi connectivity index (χ1n) is 7.65. The van der Waals surface area contributed by atoms with Gasteiger partial charge in [-0.2, -0.15) is 18.3 Å². The summed E-state index contributed by atoms with van der Waals surface area (Å²) in [6, 6.07) is 3.49. The van der Waals surface area contributed by atoms with Crippen LogP contribution >= 0.6 is 27.5 Å². The third-order valence-electron chi connectivity index (χ3n) is 3.89. The van der Waals surface area contributed by atoms with Crippen LogP contribution in [0.1, 0.15) is 30.1 Å². The van der Waals surface area contributed by atoms with Gasteiger partial charge in [-0.25, -0.2) is 0 Å². The van der Waals surface area contributed by atoms with Gasteiger partial charge in [0.15, 0.2) is 5.69 Å². The van der Waals surface area contributed by atoms with E-state index in [4.69, 9.17) is 11.6 Å². The summed E-state index contributed by atoms with van der Waals surface area (Å²) >= 11 is 8.85. The lowest BCUT2D eigenvalue weighted by Crippen LogP contribution is -2.21. The summed E-state index contributed by atoms with van der Waals surface area (Å²) in [5.74, 6) is -0.805. The highest BCUT2D eigenvalue weighted by atomic mass is 79.9. The molecule has 1 saturated carbocycles. The Hall–Kier alpha value is -2.14. The van der Waals surface area contributed by atoms with E-state index in [0.717, 1.165) is 10.7 Å². The number of hydrogen-bond acceptors (Lipinski definition) is 4. The minimum atomic E-state index is -4.66. The van der Waals surface area contributed by atoms with Crippen LogP contribution in [0.25, 0.3) is 0 Å². The highest BCUT2D eigenvalue weighted by Gasteiger charge is 2.42. The zero-order chi connectivity index (χ0) is 19.9. The Morgan fingerprint density at radius 1 is 1.44 bits per heavy atom. The van der Waals surface area contributed by atoms with Gasteiger partial charge < -0.3 is 5.32 Å². The standard InChI is InChI=1S/C15H11BrClF3N4O3/c16-12-13(7-1-2-7)23(22-14(12)15(18,19)20)6-11(25)21-10-5-8(24(26)27)3-4-9(10)17/h3-5,7H,1-2,6H2,(H,21,25). The summed E-state index contributed by atoms with van der Waals surface area (Å²) in [5.41, 5.74) is -1.08. The number of aromatic nitrogens is 2. The Labute approximate surface area is 163 Å². The first-order chi connectivity index (χ1) is 12.6. The first kappa shape index (κ1) is 19.6. The van der Waals surface area contributed by atoms with E-state index in [-0.39, 0.29) is 26.8 Å². The average Bonchev–Trinajstić information content (AvgIpc) is 3.32. The molecule has 1 aliphatic carbocycles. The number of halogens is 5. The molecule has 0 unspecified atom stereocenters. The van der Waals surface area contributed by atoms with E-state index in [0.29, 0.717) is 18.5 Å². The van der Waals surface area contributed by atoms with Crippen molar-refractivity contribution in [2.75, 3.05) is 5.32 Å². The molecule has 0 radical (unpaired) electrons. The van der Waals surface area contributed by atoms with E-state index >= 15 is 0 Å². The number of non-ortho nitro benzene ring substituents is 1. The van der Waals surface area contributed by atoms with Crippen LogP contribution in [0, 0.1) is 10.1 Å². The fraction of sp³-hybridized carbons (Fsp3) is 0.333. The van der Waals surface area contributed by atoms with Crippen molar-refractivity contribution < 1.29 is 22.9 Å². The molecule has 2 aromatic rings. The highest BCUT2D eigenvalue weighted by Crippen LogP contribution is 2.47. The number of hydrogen-bond donors (Lipinski definition) is 1. The van der Waals surface area contributed by atoms with Crippen LogP contribution in [0.4, 0.5) is 24.5 Å². The van der Waals surface area contributed by atoms with Gasteiger partial charge in [0, 0.05) is 18.1 Å². The predicted molar refractivity (Wildman–Crippen MR) is 93.6 cm³/mol. The number of nitrogens with zero attached hydrogens (tertiary/aromatic N) is 3. The Balaban J connectivity index is 1.85. The third-order valence-corrected chi connectivity index (χ3v) is 5.00. The minimum Gasteiger partial charge on any atom is -0.323 e. The van der Waals surface area contributed by atoms with Gasteiger partial charge in [0.2, 0.25) is 5.91 Å². The van der Waals surface area contributed by atoms with Crippen molar-refractivity contribution in [2.24, 2.45) is 0 Å². The molecule has 1 fully saturated rings. The Bertz CT molecular complexity index is 928. The minimum absolute atomic E-state index is 0.00824. The van der Waals surface area contributed by atoms with E-state index in [1.54, 1.807) is 0 Å².